The molecular formula is C23H30N2O. The van der Waals surface area contributed by atoms with Crippen LogP contribution in [0.5, 0.6) is 0 Å². The van der Waals surface area contributed by atoms with Crippen LogP contribution in [-0.2, 0) is 11.2 Å². The molecule has 3 nitrogen and oxygen atoms in total. The Kier molecular flexibility index (Phi) is 3.98. The highest BCUT2D eigenvalue weighted by atomic mass is 16.5. The van der Waals surface area contributed by atoms with E-state index in [1.165, 1.54) is 56.1 Å². The predicted octanol–water partition coefficient (Wildman–Crippen LogP) is 4.88. The second-order valence-electron chi connectivity index (χ2n) is 8.44. The molecule has 0 saturated carbocycles. The van der Waals surface area contributed by atoms with E-state index in [1.54, 1.807) is 11.3 Å². The lowest BCUT2D eigenvalue weighted by molar-refractivity contribution is -0.0464. The number of fused-ring (bicyclic) bond motifs is 3. The number of rotatable bonds is 5. The van der Waals surface area contributed by atoms with Crippen LogP contribution in [0.2, 0.25) is 0 Å². The van der Waals surface area contributed by atoms with Crippen LogP contribution in [0, 0.1) is 5.41 Å². The van der Waals surface area contributed by atoms with Gasteiger partial charge in [0.2, 0.25) is 0 Å². The third kappa shape index (κ3) is 2.20. The number of piperidine rings is 1. The fourth-order valence-electron chi connectivity index (χ4n) is 6.26. The standard InChI is InChI=1S/C23H30N2O/c1-3-14-26-16-17-15-23(4-2)11-7-12-24-13-10-19-18-8-5-6-9-20(18)25(17)21(19)22(23)24/h3,5-6,8-9,17,22H,1,4,7,10-16H2,2H3/t17?,22-,23+/m0/s1. The monoisotopic (exact) mass is 350 g/mol. The van der Waals surface area contributed by atoms with Crippen LogP contribution in [0.15, 0.2) is 36.9 Å². The van der Waals surface area contributed by atoms with Crippen LogP contribution in [0.4, 0.5) is 0 Å². The summed E-state index contributed by atoms with van der Waals surface area (Å²) >= 11 is 0. The summed E-state index contributed by atoms with van der Waals surface area (Å²) in [6.07, 6.45) is 8.29. The van der Waals surface area contributed by atoms with Crippen molar-refractivity contribution in [3.8, 4) is 0 Å². The van der Waals surface area contributed by atoms with Crippen LogP contribution in [-0.4, -0.2) is 35.8 Å². The average molecular weight is 351 g/mol. The van der Waals surface area contributed by atoms with Crippen molar-refractivity contribution in [2.45, 2.75) is 51.1 Å². The van der Waals surface area contributed by atoms with E-state index < -0.39 is 0 Å². The predicted molar refractivity (Wildman–Crippen MR) is 107 cm³/mol. The minimum absolute atomic E-state index is 0.417. The van der Waals surface area contributed by atoms with E-state index in [0.717, 1.165) is 6.61 Å². The van der Waals surface area contributed by atoms with E-state index in [4.69, 9.17) is 4.74 Å². The average Bonchev–Trinajstić information content (AvgIpc) is 3.02. The Morgan fingerprint density at radius 1 is 1.31 bits per heavy atom. The molecule has 0 aliphatic carbocycles. The minimum atomic E-state index is 0.417. The molecule has 4 heterocycles. The van der Waals surface area contributed by atoms with Gasteiger partial charge in [-0.05, 0) is 55.7 Å². The molecule has 0 N–H and O–H groups in total. The van der Waals surface area contributed by atoms with E-state index in [2.05, 4.69) is 47.2 Å². The zero-order valence-electron chi connectivity index (χ0n) is 15.9. The van der Waals surface area contributed by atoms with E-state index in [1.807, 2.05) is 6.08 Å². The molecule has 0 radical (unpaired) electrons. The van der Waals surface area contributed by atoms with Gasteiger partial charge in [0.05, 0.1) is 25.3 Å². The van der Waals surface area contributed by atoms with E-state index in [9.17, 15) is 0 Å². The van der Waals surface area contributed by atoms with Gasteiger partial charge in [0.25, 0.3) is 0 Å². The first-order valence-corrected chi connectivity index (χ1v) is 10.3. The highest BCUT2D eigenvalue weighted by Gasteiger charge is 2.52. The van der Waals surface area contributed by atoms with Gasteiger partial charge >= 0.3 is 0 Å². The number of hydrogen-bond donors (Lipinski definition) is 0. The van der Waals surface area contributed by atoms with E-state index in [-0.39, 0.29) is 0 Å². The van der Waals surface area contributed by atoms with Crippen molar-refractivity contribution in [3.05, 3.63) is 48.2 Å². The van der Waals surface area contributed by atoms with Crippen LogP contribution in [0.1, 0.15) is 55.9 Å². The molecule has 1 fully saturated rings. The zero-order chi connectivity index (χ0) is 17.7. The number of nitrogens with zero attached hydrogens (tertiary/aromatic N) is 2. The number of para-hydroxylation sites is 1. The van der Waals surface area contributed by atoms with Crippen molar-refractivity contribution < 1.29 is 4.74 Å². The molecule has 0 spiro atoms. The van der Waals surface area contributed by atoms with Crippen LogP contribution < -0.4 is 0 Å². The van der Waals surface area contributed by atoms with Crippen molar-refractivity contribution >= 4 is 10.9 Å². The Hall–Kier alpha value is -1.58. The summed E-state index contributed by atoms with van der Waals surface area (Å²) in [7, 11) is 0. The first-order valence-electron chi connectivity index (χ1n) is 10.3. The molecule has 2 aromatic rings. The maximum absolute atomic E-state index is 6.00. The minimum Gasteiger partial charge on any atom is -0.375 e. The smallest absolute Gasteiger partial charge is 0.0678 e. The van der Waals surface area contributed by atoms with Gasteiger partial charge in [0.1, 0.15) is 0 Å². The zero-order valence-corrected chi connectivity index (χ0v) is 15.9. The topological polar surface area (TPSA) is 17.4 Å². The molecule has 1 unspecified atom stereocenters. The maximum atomic E-state index is 6.00. The van der Waals surface area contributed by atoms with Gasteiger partial charge in [-0.1, -0.05) is 31.2 Å². The van der Waals surface area contributed by atoms with E-state index in [0.29, 0.717) is 24.1 Å². The van der Waals surface area contributed by atoms with E-state index >= 15 is 0 Å². The lowest BCUT2D eigenvalue weighted by Crippen LogP contribution is -2.53. The van der Waals surface area contributed by atoms with Crippen molar-refractivity contribution in [2.75, 3.05) is 26.3 Å². The summed E-state index contributed by atoms with van der Waals surface area (Å²) in [6.45, 7) is 10.2. The Morgan fingerprint density at radius 3 is 3.04 bits per heavy atom. The summed E-state index contributed by atoms with van der Waals surface area (Å²) in [5, 5.41) is 1.48. The molecule has 0 bridgehead atoms. The maximum Gasteiger partial charge on any atom is 0.0678 e. The third-order valence-electron chi connectivity index (χ3n) is 7.29. The second-order valence-corrected chi connectivity index (χ2v) is 8.44. The molecule has 26 heavy (non-hydrogen) atoms. The van der Waals surface area contributed by atoms with Crippen LogP contribution in [0.3, 0.4) is 0 Å². The number of aromatic nitrogens is 1. The van der Waals surface area contributed by atoms with Gasteiger partial charge in [-0.25, -0.2) is 0 Å². The molecule has 1 saturated heterocycles. The highest BCUT2D eigenvalue weighted by molar-refractivity contribution is 5.86. The van der Waals surface area contributed by atoms with Crippen molar-refractivity contribution in [1.29, 1.82) is 0 Å². The molecular weight excluding hydrogens is 320 g/mol. The summed E-state index contributed by atoms with van der Waals surface area (Å²) in [6, 6.07) is 10.1. The number of benzene rings is 1. The lowest BCUT2D eigenvalue weighted by atomic mass is 9.63. The fourth-order valence-corrected chi connectivity index (χ4v) is 6.26. The first kappa shape index (κ1) is 16.6. The van der Waals surface area contributed by atoms with Gasteiger partial charge < -0.3 is 9.30 Å². The van der Waals surface area contributed by atoms with Gasteiger partial charge in [-0.3, -0.25) is 4.90 Å². The SMILES string of the molecule is C=CCOCC1C[C@@]2(CC)CCCN3CCc4c(n1c1ccccc41)[C@H]32. The Morgan fingerprint density at radius 2 is 2.19 bits per heavy atom. The Bertz CT molecular complexity index is 838. The molecule has 3 aliphatic heterocycles. The van der Waals surface area contributed by atoms with Gasteiger partial charge in [-0.2, -0.15) is 0 Å². The van der Waals surface area contributed by atoms with Gasteiger partial charge in [-0.15, -0.1) is 6.58 Å². The highest BCUT2D eigenvalue weighted by Crippen LogP contribution is 2.59. The molecule has 3 aliphatic rings. The van der Waals surface area contributed by atoms with Crippen molar-refractivity contribution in [1.82, 2.24) is 9.47 Å². The molecule has 0 amide bonds. The molecule has 1 aromatic heterocycles. The number of ether oxygens (including phenoxy) is 1. The molecule has 1 aromatic carbocycles. The van der Waals surface area contributed by atoms with Gasteiger partial charge in [0.15, 0.2) is 0 Å². The third-order valence-corrected chi connectivity index (χ3v) is 7.29. The molecule has 3 atom stereocenters. The Labute approximate surface area is 156 Å². The summed E-state index contributed by atoms with van der Waals surface area (Å²) < 4.78 is 8.67. The van der Waals surface area contributed by atoms with Crippen LogP contribution >= 0.6 is 0 Å². The van der Waals surface area contributed by atoms with Crippen LogP contribution in [0.25, 0.3) is 10.9 Å². The summed E-state index contributed by atoms with van der Waals surface area (Å²) in [4.78, 5) is 2.80. The van der Waals surface area contributed by atoms with Crippen molar-refractivity contribution in [3.63, 3.8) is 0 Å². The largest absolute Gasteiger partial charge is 0.375 e. The second kappa shape index (κ2) is 6.24. The molecule has 3 heteroatoms. The normalized spacial score (nSPS) is 30.3. The van der Waals surface area contributed by atoms with Gasteiger partial charge in [0, 0.05) is 23.1 Å². The first-order chi connectivity index (χ1) is 12.8. The molecule has 5 rings (SSSR count). The quantitative estimate of drug-likeness (QED) is 0.565. The summed E-state index contributed by atoms with van der Waals surface area (Å²) in [5.41, 5.74) is 5.08. The summed E-state index contributed by atoms with van der Waals surface area (Å²) in [5.74, 6) is 0. The van der Waals surface area contributed by atoms with Crippen molar-refractivity contribution in [2.24, 2.45) is 5.41 Å². The molecule has 138 valence electrons. The fraction of sp³-hybridized carbons (Fsp3) is 0.565. The lowest BCUT2D eigenvalue weighted by Gasteiger charge is -2.56. The number of hydrogen-bond acceptors (Lipinski definition) is 2. The Balaban J connectivity index is 1.72.